The van der Waals surface area contributed by atoms with Crippen molar-refractivity contribution >= 4 is 10.9 Å². The number of aromatic nitrogens is 1. The quantitative estimate of drug-likeness (QED) is 0.804. The molecule has 1 aromatic heterocycles. The fourth-order valence-electron chi connectivity index (χ4n) is 2.23. The van der Waals surface area contributed by atoms with Crippen molar-refractivity contribution in [3.63, 3.8) is 0 Å². The molecule has 1 aromatic carbocycles. The molecule has 2 rings (SSSR count). The average molecular weight is 243 g/mol. The van der Waals surface area contributed by atoms with Gasteiger partial charge in [0.25, 0.3) is 0 Å². The number of nitrogens with zero attached hydrogens (tertiary/aromatic N) is 1. The van der Waals surface area contributed by atoms with E-state index in [2.05, 4.69) is 11.9 Å². The van der Waals surface area contributed by atoms with E-state index in [0.717, 1.165) is 35.7 Å². The summed E-state index contributed by atoms with van der Waals surface area (Å²) < 4.78 is 0. The molecule has 0 aliphatic rings. The Labute approximate surface area is 109 Å². The summed E-state index contributed by atoms with van der Waals surface area (Å²) in [5.74, 6) is 0. The van der Waals surface area contributed by atoms with E-state index < -0.39 is 5.60 Å². The van der Waals surface area contributed by atoms with Crippen molar-refractivity contribution in [1.29, 1.82) is 0 Å². The maximum atomic E-state index is 10.5. The van der Waals surface area contributed by atoms with Gasteiger partial charge in [-0.1, -0.05) is 44.4 Å². The van der Waals surface area contributed by atoms with Crippen LogP contribution in [0.3, 0.4) is 0 Å². The summed E-state index contributed by atoms with van der Waals surface area (Å²) in [5, 5.41) is 11.6. The lowest BCUT2D eigenvalue weighted by atomic mass is 9.90. The zero-order valence-corrected chi connectivity index (χ0v) is 11.2. The summed E-state index contributed by atoms with van der Waals surface area (Å²) in [6.07, 6.45) is 5.98. The van der Waals surface area contributed by atoms with Gasteiger partial charge >= 0.3 is 0 Å². The van der Waals surface area contributed by atoms with Crippen LogP contribution in [-0.2, 0) is 5.60 Å². The Bertz CT molecular complexity index is 519. The summed E-state index contributed by atoms with van der Waals surface area (Å²) in [7, 11) is 0. The number of hydrogen-bond acceptors (Lipinski definition) is 2. The first-order valence-corrected chi connectivity index (χ1v) is 6.71. The Morgan fingerprint density at radius 2 is 2.00 bits per heavy atom. The first-order valence-electron chi connectivity index (χ1n) is 6.71. The highest BCUT2D eigenvalue weighted by molar-refractivity contribution is 5.78. The molecule has 0 aliphatic heterocycles. The molecule has 1 atom stereocenters. The summed E-state index contributed by atoms with van der Waals surface area (Å²) in [5.41, 5.74) is 1.12. The van der Waals surface area contributed by atoms with Gasteiger partial charge in [0.2, 0.25) is 0 Å². The zero-order chi connectivity index (χ0) is 13.0. The highest BCUT2D eigenvalue weighted by atomic mass is 16.3. The highest BCUT2D eigenvalue weighted by Gasteiger charge is 2.22. The molecule has 18 heavy (non-hydrogen) atoms. The van der Waals surface area contributed by atoms with Gasteiger partial charge in [0, 0.05) is 17.1 Å². The van der Waals surface area contributed by atoms with E-state index >= 15 is 0 Å². The number of para-hydroxylation sites is 1. The minimum Gasteiger partial charge on any atom is -0.385 e. The predicted octanol–water partition coefficient (Wildman–Crippen LogP) is 4.02. The molecule has 1 unspecified atom stereocenters. The molecule has 0 fully saturated rings. The van der Waals surface area contributed by atoms with Crippen molar-refractivity contribution in [2.75, 3.05) is 0 Å². The van der Waals surface area contributed by atoms with E-state index in [1.165, 1.54) is 6.42 Å². The minimum atomic E-state index is -0.772. The van der Waals surface area contributed by atoms with Gasteiger partial charge in [-0.15, -0.1) is 0 Å². The Morgan fingerprint density at radius 1 is 1.22 bits per heavy atom. The van der Waals surface area contributed by atoms with E-state index in [4.69, 9.17) is 0 Å². The van der Waals surface area contributed by atoms with Crippen molar-refractivity contribution in [2.24, 2.45) is 0 Å². The predicted molar refractivity (Wildman–Crippen MR) is 75.5 cm³/mol. The van der Waals surface area contributed by atoms with E-state index in [0.29, 0.717) is 0 Å². The van der Waals surface area contributed by atoms with Crippen molar-refractivity contribution in [1.82, 2.24) is 4.98 Å². The monoisotopic (exact) mass is 243 g/mol. The smallest absolute Gasteiger partial charge is 0.0883 e. The Morgan fingerprint density at radius 3 is 2.78 bits per heavy atom. The fourth-order valence-corrected chi connectivity index (χ4v) is 2.23. The molecule has 2 nitrogen and oxygen atoms in total. The van der Waals surface area contributed by atoms with E-state index in [9.17, 15) is 5.11 Å². The maximum absolute atomic E-state index is 10.5. The topological polar surface area (TPSA) is 33.1 Å². The Hall–Kier alpha value is -1.41. The lowest BCUT2D eigenvalue weighted by Gasteiger charge is -2.23. The van der Waals surface area contributed by atoms with Gasteiger partial charge in [-0.2, -0.15) is 0 Å². The molecule has 2 aromatic rings. The molecule has 0 aliphatic carbocycles. The maximum Gasteiger partial charge on any atom is 0.0883 e. The molecule has 0 spiro atoms. The second-order valence-corrected chi connectivity index (χ2v) is 5.15. The molecule has 0 radical (unpaired) electrons. The molecule has 0 saturated carbocycles. The molecule has 0 saturated heterocycles. The second-order valence-electron chi connectivity index (χ2n) is 5.15. The van der Waals surface area contributed by atoms with E-state index in [-0.39, 0.29) is 0 Å². The molecular formula is C16H21NO. The Kier molecular flexibility index (Phi) is 3.97. The number of hydrogen-bond donors (Lipinski definition) is 1. The molecule has 96 valence electrons. The van der Waals surface area contributed by atoms with Crippen molar-refractivity contribution < 1.29 is 5.11 Å². The molecule has 2 heteroatoms. The third kappa shape index (κ3) is 2.88. The van der Waals surface area contributed by atoms with Crippen LogP contribution < -0.4 is 0 Å². The molecular weight excluding hydrogens is 222 g/mol. The minimum absolute atomic E-state index is 0.772. The van der Waals surface area contributed by atoms with Crippen LogP contribution in [0.2, 0.25) is 0 Å². The highest BCUT2D eigenvalue weighted by Crippen LogP contribution is 2.28. The van der Waals surface area contributed by atoms with Crippen molar-refractivity contribution in [3.05, 3.63) is 42.1 Å². The van der Waals surface area contributed by atoms with Crippen LogP contribution in [0.1, 0.15) is 45.1 Å². The van der Waals surface area contributed by atoms with Crippen LogP contribution in [0.15, 0.2) is 36.5 Å². The van der Waals surface area contributed by atoms with Crippen LogP contribution in [0.4, 0.5) is 0 Å². The van der Waals surface area contributed by atoms with Gasteiger partial charge in [-0.25, -0.2) is 0 Å². The van der Waals surface area contributed by atoms with Crippen LogP contribution >= 0.6 is 0 Å². The largest absolute Gasteiger partial charge is 0.385 e. The van der Waals surface area contributed by atoms with Gasteiger partial charge in [0.15, 0.2) is 0 Å². The molecule has 0 bridgehead atoms. The first-order chi connectivity index (χ1) is 8.63. The fraction of sp³-hybridized carbons (Fsp3) is 0.438. The van der Waals surface area contributed by atoms with Gasteiger partial charge in [-0.05, 0) is 25.5 Å². The third-order valence-corrected chi connectivity index (χ3v) is 3.48. The van der Waals surface area contributed by atoms with Crippen molar-refractivity contribution in [3.8, 4) is 0 Å². The summed E-state index contributed by atoms with van der Waals surface area (Å²) in [6, 6.07) is 10.1. The average Bonchev–Trinajstić information content (AvgIpc) is 2.38. The third-order valence-electron chi connectivity index (χ3n) is 3.48. The van der Waals surface area contributed by atoms with E-state index in [1.807, 2.05) is 37.3 Å². The van der Waals surface area contributed by atoms with Crippen molar-refractivity contribution in [2.45, 2.75) is 45.1 Å². The summed E-state index contributed by atoms with van der Waals surface area (Å²) >= 11 is 0. The number of rotatable bonds is 5. The number of pyridine rings is 1. The van der Waals surface area contributed by atoms with Crippen LogP contribution in [0, 0.1) is 0 Å². The second kappa shape index (κ2) is 5.49. The van der Waals surface area contributed by atoms with Gasteiger partial charge in [0.05, 0.1) is 11.1 Å². The van der Waals surface area contributed by atoms with Crippen LogP contribution in [0.5, 0.6) is 0 Å². The van der Waals surface area contributed by atoms with Crippen LogP contribution in [-0.4, -0.2) is 10.1 Å². The van der Waals surface area contributed by atoms with E-state index in [1.54, 1.807) is 6.20 Å². The molecule has 1 heterocycles. The number of unbranched alkanes of at least 4 members (excludes halogenated alkanes) is 2. The summed E-state index contributed by atoms with van der Waals surface area (Å²) in [6.45, 7) is 4.06. The summed E-state index contributed by atoms with van der Waals surface area (Å²) in [4.78, 5) is 4.42. The van der Waals surface area contributed by atoms with Crippen LogP contribution in [0.25, 0.3) is 10.9 Å². The first kappa shape index (κ1) is 13.0. The zero-order valence-electron chi connectivity index (χ0n) is 11.2. The van der Waals surface area contributed by atoms with Gasteiger partial charge < -0.3 is 5.11 Å². The lowest BCUT2D eigenvalue weighted by Crippen LogP contribution is -2.21. The SMILES string of the molecule is CCCCCC(C)(O)c1cnc2ccccc2c1. The number of benzene rings is 1. The lowest BCUT2D eigenvalue weighted by molar-refractivity contribution is 0.0448. The molecule has 0 amide bonds. The standard InChI is InChI=1S/C16H21NO/c1-3-4-7-10-16(2,18)14-11-13-8-5-6-9-15(13)17-12-14/h5-6,8-9,11-12,18H,3-4,7,10H2,1-2H3. The molecule has 1 N–H and O–H groups in total. The van der Waals surface area contributed by atoms with Gasteiger partial charge in [0.1, 0.15) is 0 Å². The number of fused-ring (bicyclic) bond motifs is 1. The van der Waals surface area contributed by atoms with Gasteiger partial charge in [-0.3, -0.25) is 4.98 Å². The normalized spacial score (nSPS) is 14.6. The number of aliphatic hydroxyl groups is 1. The Balaban J connectivity index is 2.23.